The summed E-state index contributed by atoms with van der Waals surface area (Å²) in [5, 5.41) is 0.535. The molecule has 0 amide bonds. The molecule has 3 aromatic rings. The molecule has 35 heavy (non-hydrogen) atoms. The van der Waals surface area contributed by atoms with Gasteiger partial charge in [-0.15, -0.1) is 0 Å². The van der Waals surface area contributed by atoms with E-state index in [0.717, 1.165) is 25.1 Å². The van der Waals surface area contributed by atoms with Crippen LogP contribution in [0.2, 0.25) is 0 Å². The number of aryl methyl sites for hydroxylation is 2. The smallest absolute Gasteiger partial charge is 0.260 e. The summed E-state index contributed by atoms with van der Waals surface area (Å²) in [6, 6.07) is 4.71. The molecule has 0 spiro atoms. The number of ether oxygens (including phenoxy) is 1. The lowest BCUT2D eigenvalue weighted by molar-refractivity contribution is 0.196. The number of piperazine rings is 1. The zero-order valence-corrected chi connectivity index (χ0v) is 21.4. The molecule has 1 saturated heterocycles. The van der Waals surface area contributed by atoms with Gasteiger partial charge in [0.05, 0.1) is 15.8 Å². The Morgan fingerprint density at radius 3 is 2.60 bits per heavy atom. The number of rotatable bonds is 9. The molecule has 188 valence electrons. The first-order valence-electron chi connectivity index (χ1n) is 12.0. The first-order valence-corrected chi connectivity index (χ1v) is 13.4. The van der Waals surface area contributed by atoms with Gasteiger partial charge < -0.3 is 19.2 Å². The highest BCUT2D eigenvalue weighted by Gasteiger charge is 2.29. The molecule has 0 aliphatic carbocycles. The number of hydrogen-bond donors (Lipinski definition) is 1. The second-order valence-electron chi connectivity index (χ2n) is 8.71. The fraction of sp³-hybridized carbons (Fsp3) is 0.440. The van der Waals surface area contributed by atoms with Crippen LogP contribution < -0.4 is 10.3 Å². The lowest BCUT2D eigenvalue weighted by Crippen LogP contribution is -2.48. The Morgan fingerprint density at radius 2 is 1.94 bits per heavy atom. The molecule has 1 aromatic carbocycles. The van der Waals surface area contributed by atoms with Crippen molar-refractivity contribution in [2.24, 2.45) is 0 Å². The number of sulfonamides is 1. The van der Waals surface area contributed by atoms with Crippen LogP contribution in [0.25, 0.3) is 22.4 Å². The summed E-state index contributed by atoms with van der Waals surface area (Å²) in [6.07, 6.45) is 4.42. The summed E-state index contributed by atoms with van der Waals surface area (Å²) < 4.78 is 36.2. The molecular formula is C25H33N5O4S. The van der Waals surface area contributed by atoms with Gasteiger partial charge in [0.15, 0.2) is 0 Å². The van der Waals surface area contributed by atoms with Crippen molar-refractivity contribution >= 4 is 21.1 Å². The van der Waals surface area contributed by atoms with E-state index in [9.17, 15) is 13.2 Å². The molecule has 0 atom stereocenters. The number of likely N-dealkylation sites (N-methyl/N-ethyl adjacent to an activating group) is 1. The molecule has 0 unspecified atom stereocenters. The first-order chi connectivity index (χ1) is 16.8. The van der Waals surface area contributed by atoms with Crippen LogP contribution in [0.15, 0.2) is 46.7 Å². The molecule has 3 heterocycles. The third-order valence-electron chi connectivity index (χ3n) is 6.36. The Kier molecular flexibility index (Phi) is 7.44. The number of hydrogen-bond acceptors (Lipinski definition) is 6. The van der Waals surface area contributed by atoms with Crippen molar-refractivity contribution in [1.29, 1.82) is 0 Å². The van der Waals surface area contributed by atoms with E-state index >= 15 is 0 Å². The van der Waals surface area contributed by atoms with E-state index in [1.165, 1.54) is 4.31 Å². The minimum absolute atomic E-state index is 0.145. The summed E-state index contributed by atoms with van der Waals surface area (Å²) in [5.74, 6) is 0.692. The van der Waals surface area contributed by atoms with Gasteiger partial charge in [-0.25, -0.2) is 13.4 Å². The summed E-state index contributed by atoms with van der Waals surface area (Å²) in [4.78, 5) is 23.0. The highest BCUT2D eigenvalue weighted by molar-refractivity contribution is 7.89. The average Bonchev–Trinajstić information content (AvgIpc) is 3.18. The SMILES string of the molecule is C=CCOc1ccc(S(=O)(=O)N2CCN(CC)CC2)cc1-c1nc2c(c(C)cn2CCC)c(=O)[nH]1. The summed E-state index contributed by atoms with van der Waals surface area (Å²) in [6.45, 7) is 13.8. The van der Waals surface area contributed by atoms with Gasteiger partial charge in [0.25, 0.3) is 5.56 Å². The van der Waals surface area contributed by atoms with Crippen LogP contribution >= 0.6 is 0 Å². The van der Waals surface area contributed by atoms with Crippen molar-refractivity contribution in [2.45, 2.75) is 38.6 Å². The standard InChI is InChI=1S/C25H33N5O4S/c1-5-10-29-17-18(4)22-24(29)26-23(27-25(22)31)20-16-19(8-9-21(20)34-15-6-2)35(32,33)30-13-11-28(7-3)12-14-30/h6,8-9,16-17H,2,5,7,10-15H2,1,3-4H3,(H,26,27,31). The van der Waals surface area contributed by atoms with Crippen LogP contribution in [0, 0.1) is 6.92 Å². The molecule has 2 aromatic heterocycles. The molecule has 0 saturated carbocycles. The van der Waals surface area contributed by atoms with Crippen molar-refractivity contribution < 1.29 is 13.2 Å². The number of H-pyrrole nitrogens is 1. The van der Waals surface area contributed by atoms with Crippen LogP contribution in [0.3, 0.4) is 0 Å². The lowest BCUT2D eigenvalue weighted by Gasteiger charge is -2.33. The van der Waals surface area contributed by atoms with Crippen molar-refractivity contribution in [3.05, 3.63) is 53.0 Å². The maximum Gasteiger partial charge on any atom is 0.260 e. The van der Waals surface area contributed by atoms with Crippen molar-refractivity contribution in [2.75, 3.05) is 39.3 Å². The van der Waals surface area contributed by atoms with Gasteiger partial charge in [-0.1, -0.05) is 26.5 Å². The van der Waals surface area contributed by atoms with E-state index in [0.29, 0.717) is 48.5 Å². The molecule has 1 aliphatic rings. The third kappa shape index (κ3) is 4.91. The number of benzene rings is 1. The zero-order valence-electron chi connectivity index (χ0n) is 20.6. The molecule has 9 nitrogen and oxygen atoms in total. The molecule has 1 N–H and O–H groups in total. The zero-order chi connectivity index (χ0) is 25.2. The van der Waals surface area contributed by atoms with Crippen molar-refractivity contribution in [3.63, 3.8) is 0 Å². The lowest BCUT2D eigenvalue weighted by atomic mass is 10.1. The van der Waals surface area contributed by atoms with Crippen LogP contribution in [-0.4, -0.2) is 71.5 Å². The topological polar surface area (TPSA) is 101 Å². The van der Waals surface area contributed by atoms with Crippen LogP contribution in [0.4, 0.5) is 0 Å². The summed E-state index contributed by atoms with van der Waals surface area (Å²) >= 11 is 0. The minimum atomic E-state index is -3.72. The van der Waals surface area contributed by atoms with Gasteiger partial charge in [-0.05, 0) is 43.7 Å². The predicted molar refractivity (Wildman–Crippen MR) is 137 cm³/mol. The summed E-state index contributed by atoms with van der Waals surface area (Å²) in [7, 11) is -3.72. The first kappa shape index (κ1) is 25.2. The van der Waals surface area contributed by atoms with Crippen molar-refractivity contribution in [3.8, 4) is 17.1 Å². The second kappa shape index (κ2) is 10.3. The minimum Gasteiger partial charge on any atom is -0.489 e. The van der Waals surface area contributed by atoms with E-state index in [4.69, 9.17) is 9.72 Å². The van der Waals surface area contributed by atoms with Gasteiger partial charge in [0, 0.05) is 38.9 Å². The van der Waals surface area contributed by atoms with E-state index in [1.807, 2.05) is 17.7 Å². The van der Waals surface area contributed by atoms with Crippen LogP contribution in [-0.2, 0) is 16.6 Å². The molecule has 4 rings (SSSR count). The van der Waals surface area contributed by atoms with E-state index in [2.05, 4.69) is 30.3 Å². The van der Waals surface area contributed by atoms with E-state index < -0.39 is 10.0 Å². The number of aromatic nitrogens is 3. The Morgan fingerprint density at radius 1 is 1.20 bits per heavy atom. The van der Waals surface area contributed by atoms with Gasteiger partial charge in [-0.2, -0.15) is 4.31 Å². The molecule has 0 bridgehead atoms. The second-order valence-corrected chi connectivity index (χ2v) is 10.7. The highest BCUT2D eigenvalue weighted by atomic mass is 32.2. The van der Waals surface area contributed by atoms with Crippen molar-refractivity contribution in [1.82, 2.24) is 23.7 Å². The molecule has 0 radical (unpaired) electrons. The Hall–Kier alpha value is -2.95. The Labute approximate surface area is 206 Å². The van der Waals surface area contributed by atoms with E-state index in [1.54, 1.807) is 24.3 Å². The van der Waals surface area contributed by atoms with Gasteiger partial charge in [0.2, 0.25) is 10.0 Å². The van der Waals surface area contributed by atoms with Crippen LogP contribution in [0.1, 0.15) is 25.8 Å². The quantitative estimate of drug-likeness (QED) is 0.454. The van der Waals surface area contributed by atoms with Gasteiger partial charge in [-0.3, -0.25) is 4.79 Å². The van der Waals surface area contributed by atoms with Gasteiger partial charge >= 0.3 is 0 Å². The number of aromatic amines is 1. The summed E-state index contributed by atoms with van der Waals surface area (Å²) in [5.41, 5.74) is 1.57. The maximum atomic E-state index is 13.5. The molecular weight excluding hydrogens is 466 g/mol. The fourth-order valence-electron chi connectivity index (χ4n) is 4.49. The monoisotopic (exact) mass is 499 g/mol. The number of fused-ring (bicyclic) bond motifs is 1. The normalized spacial score (nSPS) is 15.5. The third-order valence-corrected chi connectivity index (χ3v) is 8.25. The van der Waals surface area contributed by atoms with Crippen LogP contribution in [0.5, 0.6) is 5.75 Å². The molecule has 1 aliphatic heterocycles. The number of nitrogens with one attached hydrogen (secondary N) is 1. The van der Waals surface area contributed by atoms with Gasteiger partial charge in [0.1, 0.15) is 23.8 Å². The molecule has 10 heteroatoms. The largest absolute Gasteiger partial charge is 0.489 e. The van der Waals surface area contributed by atoms with E-state index in [-0.39, 0.29) is 22.9 Å². The Bertz CT molecular complexity index is 1380. The predicted octanol–water partition coefficient (Wildman–Crippen LogP) is 3.00. The molecule has 1 fully saturated rings. The fourth-order valence-corrected chi connectivity index (χ4v) is 5.94. The Balaban J connectivity index is 1.82. The highest BCUT2D eigenvalue weighted by Crippen LogP contribution is 2.32. The number of nitrogens with zero attached hydrogens (tertiary/aromatic N) is 4. The maximum absolute atomic E-state index is 13.5. The average molecular weight is 500 g/mol.